The molecule has 1 saturated heterocycles. The molecule has 0 unspecified atom stereocenters. The van der Waals surface area contributed by atoms with Crippen LogP contribution in [0.5, 0.6) is 5.75 Å². The second-order valence-electron chi connectivity index (χ2n) is 12.2. The molecule has 0 N–H and O–H groups in total. The van der Waals surface area contributed by atoms with E-state index < -0.39 is 21.7 Å². The van der Waals surface area contributed by atoms with Gasteiger partial charge in [-0.15, -0.1) is 0 Å². The maximum absolute atomic E-state index is 13.5. The first-order valence-electron chi connectivity index (χ1n) is 14.6. The number of anilines is 1. The average molecular weight is 618 g/mol. The third-order valence-corrected chi connectivity index (χ3v) is 9.76. The van der Waals surface area contributed by atoms with Gasteiger partial charge in [0.1, 0.15) is 17.9 Å². The Hall–Kier alpha value is -3.38. The number of methoxy groups -OCH3 is 1. The molecule has 2 amide bonds. The fourth-order valence-electron chi connectivity index (χ4n) is 5.24. The Morgan fingerprint density at radius 1 is 1.02 bits per heavy atom. The van der Waals surface area contributed by atoms with Gasteiger partial charge >= 0.3 is 6.09 Å². The Morgan fingerprint density at radius 3 is 2.14 bits per heavy atom. The number of benzene rings is 1. The van der Waals surface area contributed by atoms with Crippen LogP contribution in [0.3, 0.4) is 0 Å². The first kappa shape index (κ1) is 34.1. The zero-order valence-electron chi connectivity index (χ0n) is 26.8. The lowest BCUT2D eigenvalue weighted by atomic mass is 9.96. The van der Waals surface area contributed by atoms with Gasteiger partial charge in [-0.2, -0.15) is 4.31 Å². The van der Waals surface area contributed by atoms with Crippen LogP contribution in [0.25, 0.3) is 0 Å². The molecule has 1 aromatic heterocycles. The number of aromatic nitrogens is 1. The lowest BCUT2D eigenvalue weighted by molar-refractivity contribution is -0.131. The van der Waals surface area contributed by atoms with Gasteiger partial charge in [0.25, 0.3) is 0 Å². The molecule has 1 aliphatic rings. The summed E-state index contributed by atoms with van der Waals surface area (Å²) in [5.41, 5.74) is 1.50. The number of carbonyl (C=O) groups excluding carboxylic acids is 2. The molecule has 43 heavy (non-hydrogen) atoms. The van der Waals surface area contributed by atoms with Crippen LogP contribution in [-0.4, -0.2) is 106 Å². The summed E-state index contributed by atoms with van der Waals surface area (Å²) in [4.78, 5) is 36.0. The maximum Gasteiger partial charge on any atom is 0.410 e. The molecule has 0 saturated carbocycles. The Kier molecular flexibility index (Phi) is 11.4. The van der Waals surface area contributed by atoms with Crippen molar-refractivity contribution >= 4 is 27.7 Å². The molecule has 1 fully saturated rings. The highest BCUT2D eigenvalue weighted by molar-refractivity contribution is 7.89. The molecule has 0 atom stereocenters. The Labute approximate surface area is 256 Å². The number of piperidine rings is 1. The summed E-state index contributed by atoms with van der Waals surface area (Å²) < 4.78 is 39.1. The molecule has 1 aromatic carbocycles. The zero-order chi connectivity index (χ0) is 31.9. The highest BCUT2D eigenvalue weighted by Gasteiger charge is 2.30. The van der Waals surface area contributed by atoms with Crippen molar-refractivity contribution < 1.29 is 27.5 Å². The van der Waals surface area contributed by atoms with Crippen molar-refractivity contribution in [3.05, 3.63) is 47.8 Å². The van der Waals surface area contributed by atoms with Gasteiger partial charge in [-0.1, -0.05) is 0 Å². The molecule has 0 bridgehead atoms. The predicted octanol–water partition coefficient (Wildman–Crippen LogP) is 3.94. The summed E-state index contributed by atoms with van der Waals surface area (Å²) in [6, 6.07) is 7.36. The highest BCUT2D eigenvalue weighted by atomic mass is 32.2. The van der Waals surface area contributed by atoms with Gasteiger partial charge in [0.15, 0.2) is 0 Å². The third-order valence-electron chi connectivity index (χ3n) is 7.60. The highest BCUT2D eigenvalue weighted by Crippen LogP contribution is 2.28. The van der Waals surface area contributed by atoms with Gasteiger partial charge in [-0.3, -0.25) is 14.7 Å². The zero-order valence-corrected chi connectivity index (χ0v) is 27.6. The van der Waals surface area contributed by atoms with E-state index in [9.17, 15) is 18.0 Å². The Bertz CT molecular complexity index is 1330. The van der Waals surface area contributed by atoms with Crippen LogP contribution in [0.2, 0.25) is 0 Å². The van der Waals surface area contributed by atoms with Gasteiger partial charge in [0, 0.05) is 64.9 Å². The van der Waals surface area contributed by atoms with Crippen LogP contribution in [0.4, 0.5) is 10.5 Å². The number of likely N-dealkylation sites (N-methyl/N-ethyl adjacent to an activating group) is 2. The topological polar surface area (TPSA) is 113 Å². The number of pyridine rings is 1. The van der Waals surface area contributed by atoms with Crippen LogP contribution >= 0.6 is 0 Å². The normalized spacial score (nSPS) is 14.5. The lowest BCUT2D eigenvalue weighted by Crippen LogP contribution is -2.48. The molecule has 0 aliphatic carbocycles. The summed E-state index contributed by atoms with van der Waals surface area (Å²) in [5, 5.41) is 0. The molecule has 0 spiro atoms. The van der Waals surface area contributed by atoms with E-state index in [1.165, 1.54) is 23.4 Å². The van der Waals surface area contributed by atoms with E-state index in [0.717, 1.165) is 31.6 Å². The molecule has 1 aliphatic heterocycles. The average Bonchev–Trinajstić information content (AvgIpc) is 2.94. The van der Waals surface area contributed by atoms with Gasteiger partial charge < -0.3 is 19.3 Å². The number of amides is 2. The lowest BCUT2D eigenvalue weighted by Gasteiger charge is -2.35. The van der Waals surface area contributed by atoms with Gasteiger partial charge in [0.05, 0.1) is 12.0 Å². The van der Waals surface area contributed by atoms with E-state index in [1.807, 2.05) is 12.1 Å². The largest absolute Gasteiger partial charge is 0.497 e. The first-order valence-corrected chi connectivity index (χ1v) is 16.0. The number of carbonyl (C=O) groups is 2. The Balaban J connectivity index is 1.64. The van der Waals surface area contributed by atoms with Crippen LogP contribution < -0.4 is 9.64 Å². The standard InChI is InChI=1S/C31H47N5O6S/c1-23-19-27(41-8)20-24(2)29(23)43(39,40)34(7)17-18-36(30(38)42-31(3,4)5)22-28(37)33(6)21-25-11-15-35(16-12-25)26-9-13-32-14-10-26/h9-10,13-14,19-20,25H,11-12,15-18,21-22H2,1-8H3. The number of ether oxygens (including phenoxy) is 2. The first-order chi connectivity index (χ1) is 20.1. The quantitative estimate of drug-likeness (QED) is 0.373. The molecular weight excluding hydrogens is 570 g/mol. The fraction of sp³-hybridized carbons (Fsp3) is 0.581. The second kappa shape index (κ2) is 14.4. The third kappa shape index (κ3) is 9.30. The number of hydrogen-bond donors (Lipinski definition) is 0. The van der Waals surface area contributed by atoms with Crippen molar-refractivity contribution in [3.63, 3.8) is 0 Å². The molecule has 3 rings (SSSR count). The summed E-state index contributed by atoms with van der Waals surface area (Å²) in [5.74, 6) is 0.693. The van der Waals surface area contributed by atoms with Crippen molar-refractivity contribution in [2.75, 3.05) is 65.4 Å². The summed E-state index contributed by atoms with van der Waals surface area (Å²) in [7, 11) is 0.876. The molecular formula is C31H47N5O6S. The van der Waals surface area contributed by atoms with Gasteiger partial charge in [0.2, 0.25) is 15.9 Å². The monoisotopic (exact) mass is 617 g/mol. The van der Waals surface area contributed by atoms with Crippen molar-refractivity contribution in [2.45, 2.75) is 58.0 Å². The fourth-order valence-corrected chi connectivity index (χ4v) is 6.80. The summed E-state index contributed by atoms with van der Waals surface area (Å²) >= 11 is 0. The van der Waals surface area contributed by atoms with Gasteiger partial charge in [-0.25, -0.2) is 13.2 Å². The molecule has 238 valence electrons. The molecule has 2 aromatic rings. The number of sulfonamides is 1. The van der Waals surface area contributed by atoms with Gasteiger partial charge in [-0.05, 0) is 88.8 Å². The Morgan fingerprint density at radius 2 is 1.60 bits per heavy atom. The predicted molar refractivity (Wildman–Crippen MR) is 167 cm³/mol. The van der Waals surface area contributed by atoms with Crippen LogP contribution in [0.1, 0.15) is 44.7 Å². The van der Waals surface area contributed by atoms with Crippen LogP contribution in [0, 0.1) is 19.8 Å². The van der Waals surface area contributed by atoms with Crippen molar-refractivity contribution in [1.82, 2.24) is 19.1 Å². The molecule has 0 radical (unpaired) electrons. The minimum Gasteiger partial charge on any atom is -0.497 e. The minimum atomic E-state index is -3.87. The van der Waals surface area contributed by atoms with Crippen molar-refractivity contribution in [2.24, 2.45) is 5.92 Å². The number of nitrogens with zero attached hydrogens (tertiary/aromatic N) is 5. The van der Waals surface area contributed by atoms with E-state index in [-0.39, 0.29) is 30.4 Å². The SMILES string of the molecule is COc1cc(C)c(S(=O)(=O)N(C)CCN(CC(=O)N(C)CC2CCN(c3ccncc3)CC2)C(=O)OC(C)(C)C)c(C)c1. The van der Waals surface area contributed by atoms with E-state index in [2.05, 4.69) is 9.88 Å². The summed E-state index contributed by atoms with van der Waals surface area (Å²) in [6.45, 7) is 10.8. The van der Waals surface area contributed by atoms with E-state index in [4.69, 9.17) is 9.47 Å². The number of rotatable bonds is 11. The summed E-state index contributed by atoms with van der Waals surface area (Å²) in [6.07, 6.45) is 4.81. The molecule has 12 heteroatoms. The minimum absolute atomic E-state index is 0.0111. The van der Waals surface area contributed by atoms with Crippen molar-refractivity contribution in [3.8, 4) is 5.75 Å². The molecule has 2 heterocycles. The van der Waals surface area contributed by atoms with E-state index in [1.54, 1.807) is 71.1 Å². The number of aryl methyl sites for hydroxylation is 2. The van der Waals surface area contributed by atoms with Crippen LogP contribution in [-0.2, 0) is 19.6 Å². The second-order valence-corrected chi connectivity index (χ2v) is 14.2. The van der Waals surface area contributed by atoms with E-state index in [0.29, 0.717) is 29.3 Å². The van der Waals surface area contributed by atoms with E-state index >= 15 is 0 Å². The maximum atomic E-state index is 13.5. The van der Waals surface area contributed by atoms with Crippen LogP contribution in [0.15, 0.2) is 41.6 Å². The van der Waals surface area contributed by atoms with Crippen molar-refractivity contribution in [1.29, 1.82) is 0 Å². The smallest absolute Gasteiger partial charge is 0.410 e. The number of hydrogen-bond acceptors (Lipinski definition) is 8. The molecule has 11 nitrogen and oxygen atoms in total.